The van der Waals surface area contributed by atoms with Crippen molar-refractivity contribution in [2.45, 2.75) is 83.0 Å². The summed E-state index contributed by atoms with van der Waals surface area (Å²) in [6.07, 6.45) is 8.31. The van der Waals surface area contributed by atoms with E-state index in [0.717, 1.165) is 37.1 Å². The minimum Gasteiger partial charge on any atom is -0.444 e. The number of hydrogen-bond acceptors (Lipinski definition) is 8. The molecule has 0 spiro atoms. The summed E-state index contributed by atoms with van der Waals surface area (Å²) in [4.78, 5) is 26.2. The van der Waals surface area contributed by atoms with Crippen LogP contribution in [0.15, 0.2) is 30.5 Å². The van der Waals surface area contributed by atoms with Gasteiger partial charge < -0.3 is 30.9 Å². The van der Waals surface area contributed by atoms with Gasteiger partial charge in [-0.15, -0.1) is 0 Å². The Morgan fingerprint density at radius 3 is 2.46 bits per heavy atom. The van der Waals surface area contributed by atoms with Crippen molar-refractivity contribution in [2.24, 2.45) is 0 Å². The van der Waals surface area contributed by atoms with Gasteiger partial charge in [-0.25, -0.2) is 9.78 Å². The van der Waals surface area contributed by atoms with Crippen LogP contribution in [0.5, 0.6) is 0 Å². The number of ether oxygens (including phenoxy) is 1. The maximum atomic E-state index is 12.7. The maximum absolute atomic E-state index is 12.7. The summed E-state index contributed by atoms with van der Waals surface area (Å²) >= 11 is 0. The van der Waals surface area contributed by atoms with Crippen LogP contribution in [0.3, 0.4) is 0 Å². The lowest BCUT2D eigenvalue weighted by molar-refractivity contribution is 0.0210. The summed E-state index contributed by atoms with van der Waals surface area (Å²) in [6.45, 7) is 7.05. The highest BCUT2D eigenvalue weighted by Crippen LogP contribution is 2.39. The van der Waals surface area contributed by atoms with Crippen LogP contribution in [0.25, 0.3) is 0 Å². The molecule has 3 heterocycles. The van der Waals surface area contributed by atoms with E-state index < -0.39 is 5.60 Å². The first-order chi connectivity index (χ1) is 16.8. The Balaban J connectivity index is 1.33. The standard InChI is InChI=1S/C26H37N7O2/c1-26(2,3)35-25(34)32-15-18-12-13-19(16-32)33(18)22-11-7-6-10-21(22)30-24-28-14-20(27)23(31-24)29-17-8-4-5-9-17/h6-7,10-11,14,17-19H,4-5,8-9,12-13,15-16,27H2,1-3H3,(H2,28,29,30,31). The Kier molecular flexibility index (Phi) is 6.34. The van der Waals surface area contributed by atoms with Gasteiger partial charge in [-0.2, -0.15) is 4.98 Å². The van der Waals surface area contributed by atoms with E-state index >= 15 is 0 Å². The largest absolute Gasteiger partial charge is 0.444 e. The third-order valence-corrected chi connectivity index (χ3v) is 7.08. The maximum Gasteiger partial charge on any atom is 0.410 e. The second-order valence-electron chi connectivity index (χ2n) is 10.9. The number of nitrogens with one attached hydrogen (secondary N) is 2. The molecule has 1 aliphatic carbocycles. The van der Waals surface area contributed by atoms with E-state index in [4.69, 9.17) is 15.5 Å². The average Bonchev–Trinajstić information content (AvgIpc) is 3.40. The Labute approximate surface area is 207 Å². The molecule has 188 valence electrons. The number of carbonyl (C=O) groups is 1. The highest BCUT2D eigenvalue weighted by molar-refractivity contribution is 5.76. The Morgan fingerprint density at radius 2 is 1.77 bits per heavy atom. The van der Waals surface area contributed by atoms with Crippen LogP contribution >= 0.6 is 0 Å². The second kappa shape index (κ2) is 9.43. The second-order valence-corrected chi connectivity index (χ2v) is 10.9. The van der Waals surface area contributed by atoms with Gasteiger partial charge in [-0.05, 0) is 58.6 Å². The Bertz CT molecular complexity index is 1050. The summed E-state index contributed by atoms with van der Waals surface area (Å²) in [6, 6.07) is 9.16. The number of benzene rings is 1. The number of aromatic nitrogens is 2. The van der Waals surface area contributed by atoms with Crippen molar-refractivity contribution in [3.63, 3.8) is 0 Å². The number of carbonyl (C=O) groups excluding carboxylic acids is 1. The first kappa shape index (κ1) is 23.5. The van der Waals surface area contributed by atoms with Gasteiger partial charge in [-0.3, -0.25) is 0 Å². The van der Waals surface area contributed by atoms with E-state index in [9.17, 15) is 4.79 Å². The van der Waals surface area contributed by atoms with Crippen molar-refractivity contribution in [3.8, 4) is 0 Å². The Hall–Kier alpha value is -3.23. The van der Waals surface area contributed by atoms with Crippen LogP contribution < -0.4 is 21.3 Å². The third kappa shape index (κ3) is 5.23. The molecule has 35 heavy (non-hydrogen) atoms. The molecule has 3 aliphatic rings. The van der Waals surface area contributed by atoms with E-state index in [1.54, 1.807) is 6.20 Å². The minimum absolute atomic E-state index is 0.224. The smallest absolute Gasteiger partial charge is 0.410 e. The lowest BCUT2D eigenvalue weighted by Gasteiger charge is -2.43. The van der Waals surface area contributed by atoms with Crippen molar-refractivity contribution < 1.29 is 9.53 Å². The van der Waals surface area contributed by atoms with Gasteiger partial charge in [0.1, 0.15) is 5.60 Å². The van der Waals surface area contributed by atoms with Gasteiger partial charge in [-0.1, -0.05) is 25.0 Å². The van der Waals surface area contributed by atoms with Crippen molar-refractivity contribution in [1.82, 2.24) is 14.9 Å². The molecule has 2 aliphatic heterocycles. The fourth-order valence-electron chi connectivity index (χ4n) is 5.53. The van der Waals surface area contributed by atoms with Gasteiger partial charge >= 0.3 is 6.09 Å². The number of nitrogen functional groups attached to an aromatic ring is 1. The van der Waals surface area contributed by atoms with Crippen molar-refractivity contribution in [2.75, 3.05) is 34.4 Å². The number of anilines is 5. The summed E-state index contributed by atoms with van der Waals surface area (Å²) in [5.41, 5.74) is 8.29. The lowest BCUT2D eigenvalue weighted by atomic mass is 10.1. The highest BCUT2D eigenvalue weighted by Gasteiger charge is 2.43. The molecular weight excluding hydrogens is 442 g/mol. The van der Waals surface area contributed by atoms with E-state index in [2.05, 4.69) is 38.7 Å². The predicted octanol–water partition coefficient (Wildman–Crippen LogP) is 4.75. The summed E-state index contributed by atoms with van der Waals surface area (Å²) in [5.74, 6) is 1.21. The van der Waals surface area contributed by atoms with E-state index in [-0.39, 0.29) is 18.2 Å². The van der Waals surface area contributed by atoms with Gasteiger partial charge in [0.15, 0.2) is 5.82 Å². The van der Waals surface area contributed by atoms with Crippen LogP contribution in [0, 0.1) is 0 Å². The molecule has 2 saturated heterocycles. The predicted molar refractivity (Wildman–Crippen MR) is 139 cm³/mol. The molecule has 3 fully saturated rings. The van der Waals surface area contributed by atoms with Crippen LogP contribution in [-0.2, 0) is 4.74 Å². The SMILES string of the molecule is CC(C)(C)OC(=O)N1CC2CCC(C1)N2c1ccccc1Nc1ncc(N)c(NC2CCCC2)n1. The lowest BCUT2D eigenvalue weighted by Crippen LogP contribution is -2.56. The number of nitrogens with two attached hydrogens (primary N) is 1. The van der Waals surface area contributed by atoms with Gasteiger partial charge in [0.05, 0.1) is 23.3 Å². The van der Waals surface area contributed by atoms with Crippen molar-refractivity contribution in [3.05, 3.63) is 30.5 Å². The highest BCUT2D eigenvalue weighted by atomic mass is 16.6. The number of hydrogen-bond donors (Lipinski definition) is 3. The number of amides is 1. The average molecular weight is 480 g/mol. The topological polar surface area (TPSA) is 109 Å². The Morgan fingerprint density at radius 1 is 1.09 bits per heavy atom. The molecule has 1 aromatic carbocycles. The van der Waals surface area contributed by atoms with Crippen LogP contribution in [0.2, 0.25) is 0 Å². The zero-order valence-corrected chi connectivity index (χ0v) is 21.0. The van der Waals surface area contributed by atoms with Crippen LogP contribution in [-0.4, -0.2) is 57.8 Å². The quantitative estimate of drug-likeness (QED) is 0.564. The molecule has 9 heteroatoms. The molecule has 9 nitrogen and oxygen atoms in total. The first-order valence-corrected chi connectivity index (χ1v) is 12.8. The van der Waals surface area contributed by atoms with E-state index in [1.807, 2.05) is 31.7 Å². The number of piperazine rings is 1. The fraction of sp³-hybridized carbons (Fsp3) is 0.577. The molecule has 1 saturated carbocycles. The number of para-hydroxylation sites is 2. The van der Waals surface area contributed by atoms with Crippen molar-refractivity contribution >= 4 is 34.9 Å². The summed E-state index contributed by atoms with van der Waals surface area (Å²) in [7, 11) is 0. The summed E-state index contributed by atoms with van der Waals surface area (Å²) in [5, 5.41) is 6.92. The molecule has 2 unspecified atom stereocenters. The molecule has 1 aromatic heterocycles. The van der Waals surface area contributed by atoms with Gasteiger partial charge in [0.25, 0.3) is 0 Å². The van der Waals surface area contributed by atoms with Crippen LogP contribution in [0.1, 0.15) is 59.3 Å². The summed E-state index contributed by atoms with van der Waals surface area (Å²) < 4.78 is 5.64. The minimum atomic E-state index is -0.492. The number of nitrogens with zero attached hydrogens (tertiary/aromatic N) is 4. The van der Waals surface area contributed by atoms with E-state index in [0.29, 0.717) is 36.6 Å². The molecule has 0 radical (unpaired) electrons. The molecule has 4 N–H and O–H groups in total. The zero-order chi connectivity index (χ0) is 24.6. The molecule has 2 atom stereocenters. The van der Waals surface area contributed by atoms with Gasteiger partial charge in [0.2, 0.25) is 5.95 Å². The third-order valence-electron chi connectivity index (χ3n) is 7.08. The zero-order valence-electron chi connectivity index (χ0n) is 21.0. The molecule has 5 rings (SSSR count). The number of rotatable bonds is 5. The molecule has 2 aromatic rings. The molecule has 1 amide bonds. The number of likely N-dealkylation sites (tertiary alicyclic amines) is 1. The molecular formula is C26H37N7O2. The van der Waals surface area contributed by atoms with Crippen LogP contribution in [0.4, 0.5) is 33.6 Å². The first-order valence-electron chi connectivity index (χ1n) is 12.8. The van der Waals surface area contributed by atoms with Crippen molar-refractivity contribution in [1.29, 1.82) is 0 Å². The fourth-order valence-corrected chi connectivity index (χ4v) is 5.53. The van der Waals surface area contributed by atoms with Gasteiger partial charge in [0, 0.05) is 31.2 Å². The monoisotopic (exact) mass is 479 g/mol. The normalized spacial score (nSPS) is 22.4. The molecule has 2 bridgehead atoms. The number of fused-ring (bicyclic) bond motifs is 2. The van der Waals surface area contributed by atoms with E-state index in [1.165, 1.54) is 12.8 Å².